The van der Waals surface area contributed by atoms with Crippen LogP contribution in [0.15, 0.2) is 29.3 Å². The molecule has 1 saturated carbocycles. The van der Waals surface area contributed by atoms with E-state index in [1.54, 1.807) is 7.11 Å². The van der Waals surface area contributed by atoms with Crippen LogP contribution >= 0.6 is 0 Å². The highest BCUT2D eigenvalue weighted by atomic mass is 16.5. The van der Waals surface area contributed by atoms with Crippen molar-refractivity contribution >= 4 is 5.96 Å². The zero-order valence-electron chi connectivity index (χ0n) is 15.6. The molecule has 0 aromatic heterocycles. The molecule has 1 aliphatic carbocycles. The minimum Gasteiger partial charge on any atom is -0.496 e. The van der Waals surface area contributed by atoms with Crippen LogP contribution in [-0.2, 0) is 0 Å². The second-order valence-electron chi connectivity index (χ2n) is 7.08. The zero-order chi connectivity index (χ0) is 17.5. The smallest absolute Gasteiger partial charge is 0.191 e. The van der Waals surface area contributed by atoms with Crippen LogP contribution in [-0.4, -0.2) is 50.7 Å². The highest BCUT2D eigenvalue weighted by Crippen LogP contribution is 2.31. The Balaban J connectivity index is 1.69. The van der Waals surface area contributed by atoms with Gasteiger partial charge in [0.05, 0.1) is 13.2 Å². The summed E-state index contributed by atoms with van der Waals surface area (Å²) in [4.78, 5) is 6.99. The third kappa shape index (κ3) is 4.66. The maximum Gasteiger partial charge on any atom is 0.191 e. The third-order valence-electron chi connectivity index (χ3n) is 5.46. The molecule has 3 rings (SSSR count). The van der Waals surface area contributed by atoms with E-state index in [1.165, 1.54) is 44.1 Å². The fourth-order valence-corrected chi connectivity index (χ4v) is 4.08. The van der Waals surface area contributed by atoms with Crippen molar-refractivity contribution in [2.75, 3.05) is 33.8 Å². The van der Waals surface area contributed by atoms with Gasteiger partial charge in [-0.15, -0.1) is 0 Å². The van der Waals surface area contributed by atoms with Crippen LogP contribution in [0.5, 0.6) is 5.75 Å². The molecule has 5 nitrogen and oxygen atoms in total. The molecule has 5 heteroatoms. The standard InChI is InChI=1S/C20H32N4O/c1-21-20(23-16-9-3-4-10-16)22-15-18(24-13-7-8-14-24)17-11-5-6-12-19(17)25-2/h5-6,11-12,16,18H,3-4,7-10,13-15H2,1-2H3,(H2,21,22,23). The van der Waals surface area contributed by atoms with Gasteiger partial charge in [0.1, 0.15) is 5.75 Å². The summed E-state index contributed by atoms with van der Waals surface area (Å²) in [5, 5.41) is 7.15. The molecule has 1 atom stereocenters. The lowest BCUT2D eigenvalue weighted by atomic mass is 10.0. The van der Waals surface area contributed by atoms with Gasteiger partial charge in [-0.25, -0.2) is 0 Å². The average molecular weight is 345 g/mol. The van der Waals surface area contributed by atoms with Crippen molar-refractivity contribution in [2.45, 2.75) is 50.6 Å². The number of nitrogens with one attached hydrogen (secondary N) is 2. The summed E-state index contributed by atoms with van der Waals surface area (Å²) in [5.41, 5.74) is 1.26. The molecular weight excluding hydrogens is 312 g/mol. The van der Waals surface area contributed by atoms with Gasteiger partial charge in [0.25, 0.3) is 0 Å². The van der Waals surface area contributed by atoms with E-state index in [0.29, 0.717) is 12.1 Å². The van der Waals surface area contributed by atoms with E-state index in [1.807, 2.05) is 13.1 Å². The molecule has 2 aliphatic rings. The van der Waals surface area contributed by atoms with Crippen molar-refractivity contribution in [3.05, 3.63) is 29.8 Å². The van der Waals surface area contributed by atoms with Gasteiger partial charge in [-0.1, -0.05) is 31.0 Å². The lowest BCUT2D eigenvalue weighted by molar-refractivity contribution is 0.239. The molecule has 1 unspecified atom stereocenters. The SMILES string of the molecule is CN=C(NCC(c1ccccc1OC)N1CCCC1)NC1CCCC1. The van der Waals surface area contributed by atoms with Gasteiger partial charge in [-0.3, -0.25) is 9.89 Å². The summed E-state index contributed by atoms with van der Waals surface area (Å²) >= 11 is 0. The Kier molecular flexibility index (Phi) is 6.56. The van der Waals surface area contributed by atoms with E-state index in [4.69, 9.17) is 4.74 Å². The molecule has 138 valence electrons. The van der Waals surface area contributed by atoms with Crippen molar-refractivity contribution in [3.8, 4) is 5.75 Å². The zero-order valence-corrected chi connectivity index (χ0v) is 15.6. The van der Waals surface area contributed by atoms with Gasteiger partial charge in [0.2, 0.25) is 0 Å². The minimum absolute atomic E-state index is 0.306. The molecular formula is C20H32N4O. The highest BCUT2D eigenvalue weighted by molar-refractivity contribution is 5.80. The van der Waals surface area contributed by atoms with Crippen LogP contribution in [0.1, 0.15) is 50.1 Å². The summed E-state index contributed by atoms with van der Waals surface area (Å²) in [5.74, 6) is 1.89. The van der Waals surface area contributed by atoms with Crippen molar-refractivity contribution < 1.29 is 4.74 Å². The molecule has 0 amide bonds. The van der Waals surface area contributed by atoms with E-state index in [0.717, 1.165) is 31.3 Å². The van der Waals surface area contributed by atoms with E-state index < -0.39 is 0 Å². The number of likely N-dealkylation sites (tertiary alicyclic amines) is 1. The summed E-state index contributed by atoms with van der Waals surface area (Å²) in [6, 6.07) is 9.27. The lowest BCUT2D eigenvalue weighted by Gasteiger charge is -2.30. The van der Waals surface area contributed by atoms with E-state index in [2.05, 4.69) is 38.7 Å². The quantitative estimate of drug-likeness (QED) is 0.615. The number of aliphatic imine (C=N–C) groups is 1. The minimum atomic E-state index is 0.306. The van der Waals surface area contributed by atoms with Crippen LogP contribution in [0, 0.1) is 0 Å². The van der Waals surface area contributed by atoms with E-state index in [9.17, 15) is 0 Å². The van der Waals surface area contributed by atoms with Crippen LogP contribution < -0.4 is 15.4 Å². The Morgan fingerprint density at radius 2 is 1.92 bits per heavy atom. The van der Waals surface area contributed by atoms with Crippen LogP contribution in [0.4, 0.5) is 0 Å². The normalized spacial score (nSPS) is 20.6. The van der Waals surface area contributed by atoms with Gasteiger partial charge in [0, 0.05) is 25.2 Å². The van der Waals surface area contributed by atoms with Gasteiger partial charge < -0.3 is 15.4 Å². The number of ether oxygens (including phenoxy) is 1. The molecule has 1 aliphatic heterocycles. The van der Waals surface area contributed by atoms with Crippen LogP contribution in [0.2, 0.25) is 0 Å². The molecule has 1 saturated heterocycles. The lowest BCUT2D eigenvalue weighted by Crippen LogP contribution is -2.45. The number of hydrogen-bond acceptors (Lipinski definition) is 3. The highest BCUT2D eigenvalue weighted by Gasteiger charge is 2.26. The van der Waals surface area contributed by atoms with Gasteiger partial charge in [0.15, 0.2) is 5.96 Å². The molecule has 0 spiro atoms. The number of rotatable bonds is 6. The molecule has 1 aromatic carbocycles. The second kappa shape index (κ2) is 9.09. The molecule has 1 aromatic rings. The number of para-hydroxylation sites is 1. The molecule has 0 bridgehead atoms. The van der Waals surface area contributed by atoms with Gasteiger partial charge in [-0.05, 0) is 44.8 Å². The molecule has 0 radical (unpaired) electrons. The van der Waals surface area contributed by atoms with Crippen LogP contribution in [0.25, 0.3) is 0 Å². The number of nitrogens with zero attached hydrogens (tertiary/aromatic N) is 2. The van der Waals surface area contributed by atoms with Crippen LogP contribution in [0.3, 0.4) is 0 Å². The fraction of sp³-hybridized carbons (Fsp3) is 0.650. The van der Waals surface area contributed by atoms with Crippen molar-refractivity contribution in [3.63, 3.8) is 0 Å². The Bertz CT molecular complexity index is 563. The Hall–Kier alpha value is -1.75. The van der Waals surface area contributed by atoms with Crippen molar-refractivity contribution in [1.29, 1.82) is 0 Å². The predicted molar refractivity (Wildman–Crippen MR) is 103 cm³/mol. The first kappa shape index (κ1) is 18.1. The van der Waals surface area contributed by atoms with Gasteiger partial charge >= 0.3 is 0 Å². The third-order valence-corrected chi connectivity index (χ3v) is 5.46. The number of guanidine groups is 1. The average Bonchev–Trinajstić information content (AvgIpc) is 3.35. The van der Waals surface area contributed by atoms with E-state index in [-0.39, 0.29) is 0 Å². The summed E-state index contributed by atoms with van der Waals surface area (Å²) in [7, 11) is 3.62. The summed E-state index contributed by atoms with van der Waals surface area (Å²) in [6.07, 6.45) is 7.71. The second-order valence-corrected chi connectivity index (χ2v) is 7.08. The van der Waals surface area contributed by atoms with Crippen molar-refractivity contribution in [2.24, 2.45) is 4.99 Å². The molecule has 2 N–H and O–H groups in total. The maximum atomic E-state index is 5.63. The number of methoxy groups -OCH3 is 1. The monoisotopic (exact) mass is 344 g/mol. The predicted octanol–water partition coefficient (Wildman–Crippen LogP) is 2.94. The maximum absolute atomic E-state index is 5.63. The Morgan fingerprint density at radius 1 is 1.20 bits per heavy atom. The first-order chi connectivity index (χ1) is 12.3. The molecule has 2 fully saturated rings. The van der Waals surface area contributed by atoms with E-state index >= 15 is 0 Å². The molecule has 1 heterocycles. The number of benzene rings is 1. The summed E-state index contributed by atoms with van der Waals surface area (Å²) in [6.45, 7) is 3.14. The summed E-state index contributed by atoms with van der Waals surface area (Å²) < 4.78 is 5.63. The Labute approximate surface area is 151 Å². The Morgan fingerprint density at radius 3 is 2.60 bits per heavy atom. The first-order valence-corrected chi connectivity index (χ1v) is 9.66. The first-order valence-electron chi connectivity index (χ1n) is 9.66. The fourth-order valence-electron chi connectivity index (χ4n) is 4.08. The number of hydrogen-bond donors (Lipinski definition) is 2. The largest absolute Gasteiger partial charge is 0.496 e. The van der Waals surface area contributed by atoms with Crippen molar-refractivity contribution in [1.82, 2.24) is 15.5 Å². The topological polar surface area (TPSA) is 48.9 Å². The van der Waals surface area contributed by atoms with Gasteiger partial charge in [-0.2, -0.15) is 0 Å². The molecule has 25 heavy (non-hydrogen) atoms.